The van der Waals surface area contributed by atoms with Crippen LogP contribution in [0.4, 0.5) is 5.69 Å². The van der Waals surface area contributed by atoms with E-state index in [1.807, 2.05) is 24.3 Å². The molecule has 4 rings (SSSR count). The van der Waals surface area contributed by atoms with Crippen molar-refractivity contribution in [3.63, 3.8) is 0 Å². The van der Waals surface area contributed by atoms with Gasteiger partial charge in [-0.3, -0.25) is 14.4 Å². The highest BCUT2D eigenvalue weighted by atomic mass is 32.1. The second kappa shape index (κ2) is 9.48. The van der Waals surface area contributed by atoms with Crippen molar-refractivity contribution in [2.24, 2.45) is 4.99 Å². The van der Waals surface area contributed by atoms with Crippen molar-refractivity contribution >= 4 is 45.0 Å². The van der Waals surface area contributed by atoms with Crippen LogP contribution in [-0.4, -0.2) is 29.0 Å². The lowest BCUT2D eigenvalue weighted by Gasteiger charge is -2.15. The van der Waals surface area contributed by atoms with Crippen molar-refractivity contribution in [2.75, 3.05) is 11.9 Å². The maximum Gasteiger partial charge on any atom is 0.326 e. The molecule has 0 saturated carbocycles. The molecular formula is C24H25N3O4S. The Labute approximate surface area is 189 Å². The molecule has 0 spiro atoms. The summed E-state index contributed by atoms with van der Waals surface area (Å²) in [6.07, 6.45) is 4.34. The van der Waals surface area contributed by atoms with Crippen molar-refractivity contribution in [2.45, 2.75) is 46.1 Å². The van der Waals surface area contributed by atoms with E-state index >= 15 is 0 Å². The summed E-state index contributed by atoms with van der Waals surface area (Å²) >= 11 is 1.29. The van der Waals surface area contributed by atoms with Gasteiger partial charge in [-0.1, -0.05) is 17.4 Å². The zero-order valence-electron chi connectivity index (χ0n) is 18.1. The Kier molecular flexibility index (Phi) is 6.50. The van der Waals surface area contributed by atoms with Gasteiger partial charge in [0.15, 0.2) is 4.80 Å². The molecule has 0 atom stereocenters. The first-order chi connectivity index (χ1) is 15.4. The Morgan fingerprint density at radius 1 is 1.09 bits per heavy atom. The Bertz CT molecular complexity index is 1270. The molecule has 32 heavy (non-hydrogen) atoms. The standard InChI is InChI=1S/C24H25N3O4S/c1-3-31-22(29)14-27-20-11-10-19(25-15(2)28)13-21(20)32-24(27)26-23(30)18-9-8-16-6-4-5-7-17(16)12-18/h8-13H,3-7,14H2,1-2H3,(H,25,28). The third-order valence-corrected chi connectivity index (χ3v) is 6.43. The van der Waals surface area contributed by atoms with Crippen LogP contribution in [-0.2, 0) is 33.7 Å². The molecule has 0 aliphatic heterocycles. The number of rotatable bonds is 5. The highest BCUT2D eigenvalue weighted by Gasteiger charge is 2.15. The van der Waals surface area contributed by atoms with Crippen LogP contribution < -0.4 is 10.1 Å². The Morgan fingerprint density at radius 3 is 2.62 bits per heavy atom. The highest BCUT2D eigenvalue weighted by Crippen LogP contribution is 2.24. The molecule has 1 aliphatic carbocycles. The van der Waals surface area contributed by atoms with E-state index in [1.54, 1.807) is 23.6 Å². The summed E-state index contributed by atoms with van der Waals surface area (Å²) in [7, 11) is 0. The van der Waals surface area contributed by atoms with E-state index in [2.05, 4.69) is 10.3 Å². The van der Waals surface area contributed by atoms with Gasteiger partial charge in [-0.2, -0.15) is 4.99 Å². The molecule has 1 aromatic heterocycles. The van der Waals surface area contributed by atoms with Crippen LogP contribution in [0, 0.1) is 0 Å². The summed E-state index contributed by atoms with van der Waals surface area (Å²) < 4.78 is 7.60. The fraction of sp³-hybridized carbons (Fsp3) is 0.333. The fourth-order valence-corrected chi connectivity index (χ4v) is 5.01. The molecular weight excluding hydrogens is 426 g/mol. The first kappa shape index (κ1) is 22.0. The predicted octanol–water partition coefficient (Wildman–Crippen LogP) is 3.84. The average Bonchev–Trinajstić information content (AvgIpc) is 3.09. The van der Waals surface area contributed by atoms with E-state index in [0.717, 1.165) is 29.5 Å². The van der Waals surface area contributed by atoms with Gasteiger partial charge in [0.1, 0.15) is 6.54 Å². The number of benzene rings is 2. The Balaban J connectivity index is 1.76. The third kappa shape index (κ3) is 4.80. The predicted molar refractivity (Wildman–Crippen MR) is 124 cm³/mol. The Morgan fingerprint density at radius 2 is 1.88 bits per heavy atom. The molecule has 1 N–H and O–H groups in total. The number of thiazole rings is 1. The number of fused-ring (bicyclic) bond motifs is 2. The summed E-state index contributed by atoms with van der Waals surface area (Å²) in [6, 6.07) is 11.2. The molecule has 0 unspecified atom stereocenters. The second-order valence-corrected chi connectivity index (χ2v) is 8.76. The first-order valence-corrected chi connectivity index (χ1v) is 11.5. The number of aryl methyl sites for hydroxylation is 2. The largest absolute Gasteiger partial charge is 0.465 e. The van der Waals surface area contributed by atoms with Crippen LogP contribution in [0.5, 0.6) is 0 Å². The number of nitrogens with one attached hydrogen (secondary N) is 1. The molecule has 0 fully saturated rings. The number of hydrogen-bond acceptors (Lipinski definition) is 5. The van der Waals surface area contributed by atoms with Gasteiger partial charge < -0.3 is 14.6 Å². The molecule has 3 aromatic rings. The maximum absolute atomic E-state index is 13.0. The van der Waals surface area contributed by atoms with Crippen molar-refractivity contribution in [3.05, 3.63) is 57.9 Å². The van der Waals surface area contributed by atoms with Crippen molar-refractivity contribution < 1.29 is 19.1 Å². The summed E-state index contributed by atoms with van der Waals surface area (Å²) in [5.41, 5.74) is 4.45. The lowest BCUT2D eigenvalue weighted by atomic mass is 9.90. The SMILES string of the molecule is CCOC(=O)Cn1c(=NC(=O)c2ccc3c(c2)CCCC3)sc2cc(NC(C)=O)ccc21. The van der Waals surface area contributed by atoms with Gasteiger partial charge in [0.05, 0.1) is 16.8 Å². The lowest BCUT2D eigenvalue weighted by molar-refractivity contribution is -0.143. The van der Waals surface area contributed by atoms with Gasteiger partial charge in [-0.25, -0.2) is 0 Å². The van der Waals surface area contributed by atoms with Gasteiger partial charge in [0.2, 0.25) is 5.91 Å². The van der Waals surface area contributed by atoms with Gasteiger partial charge in [0, 0.05) is 18.2 Å². The molecule has 7 nitrogen and oxygen atoms in total. The smallest absolute Gasteiger partial charge is 0.326 e. The molecule has 2 amide bonds. The number of esters is 1. The van der Waals surface area contributed by atoms with Crippen LogP contribution >= 0.6 is 11.3 Å². The number of hydrogen-bond donors (Lipinski definition) is 1. The first-order valence-electron chi connectivity index (χ1n) is 10.7. The minimum absolute atomic E-state index is 0.0520. The molecule has 2 aromatic carbocycles. The number of aromatic nitrogens is 1. The maximum atomic E-state index is 13.0. The number of amides is 2. The second-order valence-electron chi connectivity index (χ2n) is 7.75. The quantitative estimate of drug-likeness (QED) is 0.597. The van der Waals surface area contributed by atoms with Crippen LogP contribution in [0.3, 0.4) is 0 Å². The topological polar surface area (TPSA) is 89.8 Å². The normalized spacial score (nSPS) is 13.6. The average molecular weight is 452 g/mol. The van der Waals surface area contributed by atoms with E-state index in [1.165, 1.54) is 35.8 Å². The lowest BCUT2D eigenvalue weighted by Crippen LogP contribution is -2.23. The molecule has 0 saturated heterocycles. The summed E-state index contributed by atoms with van der Waals surface area (Å²) in [4.78, 5) is 41.4. The molecule has 0 bridgehead atoms. The minimum atomic E-state index is -0.402. The molecule has 8 heteroatoms. The van der Waals surface area contributed by atoms with E-state index < -0.39 is 5.97 Å². The van der Waals surface area contributed by atoms with Crippen LogP contribution in [0.15, 0.2) is 41.4 Å². The molecule has 1 aliphatic rings. The number of carbonyl (C=O) groups is 3. The number of carbonyl (C=O) groups excluding carboxylic acids is 3. The van der Waals surface area contributed by atoms with E-state index in [-0.39, 0.29) is 25.0 Å². The van der Waals surface area contributed by atoms with Gasteiger partial charge in [-0.05, 0) is 74.1 Å². The van der Waals surface area contributed by atoms with Crippen molar-refractivity contribution in [3.8, 4) is 0 Å². The van der Waals surface area contributed by atoms with Crippen molar-refractivity contribution in [1.82, 2.24) is 4.57 Å². The zero-order valence-corrected chi connectivity index (χ0v) is 19.0. The fourth-order valence-electron chi connectivity index (χ4n) is 3.95. The third-order valence-electron chi connectivity index (χ3n) is 5.39. The number of ether oxygens (including phenoxy) is 1. The minimum Gasteiger partial charge on any atom is -0.465 e. The molecule has 166 valence electrons. The zero-order chi connectivity index (χ0) is 22.7. The Hall–Kier alpha value is -3.26. The molecule has 0 radical (unpaired) electrons. The van der Waals surface area contributed by atoms with Gasteiger partial charge in [-0.15, -0.1) is 0 Å². The number of nitrogens with zero attached hydrogens (tertiary/aromatic N) is 2. The monoisotopic (exact) mass is 451 g/mol. The highest BCUT2D eigenvalue weighted by molar-refractivity contribution is 7.16. The summed E-state index contributed by atoms with van der Waals surface area (Å²) in [5.74, 6) is -0.918. The van der Waals surface area contributed by atoms with Crippen LogP contribution in [0.1, 0.15) is 48.2 Å². The van der Waals surface area contributed by atoms with Crippen LogP contribution in [0.2, 0.25) is 0 Å². The molecule has 1 heterocycles. The van der Waals surface area contributed by atoms with Crippen molar-refractivity contribution in [1.29, 1.82) is 0 Å². The van der Waals surface area contributed by atoms with Crippen LogP contribution in [0.25, 0.3) is 10.2 Å². The summed E-state index contributed by atoms with van der Waals surface area (Å²) in [5, 5.41) is 2.75. The van der Waals surface area contributed by atoms with Gasteiger partial charge in [0.25, 0.3) is 5.91 Å². The number of anilines is 1. The van der Waals surface area contributed by atoms with Gasteiger partial charge >= 0.3 is 5.97 Å². The van der Waals surface area contributed by atoms with E-state index in [9.17, 15) is 14.4 Å². The van der Waals surface area contributed by atoms with E-state index in [0.29, 0.717) is 16.1 Å². The van der Waals surface area contributed by atoms with E-state index in [4.69, 9.17) is 4.74 Å². The summed E-state index contributed by atoms with van der Waals surface area (Å²) in [6.45, 7) is 3.41.